The molecular weight excluding hydrogens is 437 g/mol. The zero-order chi connectivity index (χ0) is 23.9. The molecular formula is C23H41F6OP. The van der Waals surface area contributed by atoms with Gasteiger partial charge in [0.05, 0.1) is 13.3 Å². The fourth-order valence-corrected chi connectivity index (χ4v) is 3.50. The van der Waals surface area contributed by atoms with E-state index in [2.05, 4.69) is 26.0 Å². The Morgan fingerprint density at radius 3 is 1.32 bits per heavy atom. The van der Waals surface area contributed by atoms with Crippen LogP contribution >= 0.6 is 7.81 Å². The van der Waals surface area contributed by atoms with E-state index >= 15 is 0 Å². The molecule has 0 aliphatic rings. The molecule has 0 aliphatic carbocycles. The van der Waals surface area contributed by atoms with E-state index < -0.39 is 7.81 Å². The Hall–Kier alpha value is -0.840. The first-order valence-corrected chi connectivity index (χ1v) is 13.7. The van der Waals surface area contributed by atoms with E-state index in [-0.39, 0.29) is 0 Å². The van der Waals surface area contributed by atoms with Gasteiger partial charge in [-0.05, 0) is 18.9 Å². The standard InChI is InChI=1S/C23H41O.F6P/c1-4-5-6-7-8-9-10-11-12-13-14-15-16-17-18-23-20-21(2)19-22(3)24-23;1-7(2,3,4,5)6/h19-20H,4-18H2,1-3H3;/q+1;-1. The van der Waals surface area contributed by atoms with Gasteiger partial charge in [-0.15, -0.1) is 0 Å². The van der Waals surface area contributed by atoms with E-state index in [0.717, 1.165) is 17.9 Å². The summed E-state index contributed by atoms with van der Waals surface area (Å²) in [6.45, 7) is 6.48. The van der Waals surface area contributed by atoms with E-state index in [4.69, 9.17) is 4.42 Å². The van der Waals surface area contributed by atoms with Crippen molar-refractivity contribution in [3.8, 4) is 0 Å². The molecule has 0 aliphatic heterocycles. The summed E-state index contributed by atoms with van der Waals surface area (Å²) in [5, 5.41) is 0. The van der Waals surface area contributed by atoms with Gasteiger partial charge in [-0.3, -0.25) is 0 Å². The summed E-state index contributed by atoms with van der Waals surface area (Å²) in [6.07, 6.45) is 20.9. The Bertz CT molecular complexity index is 570. The van der Waals surface area contributed by atoms with Gasteiger partial charge < -0.3 is 0 Å². The molecule has 8 heteroatoms. The molecule has 0 N–H and O–H groups in total. The van der Waals surface area contributed by atoms with Crippen molar-refractivity contribution in [2.45, 2.75) is 117 Å². The van der Waals surface area contributed by atoms with Gasteiger partial charge in [-0.1, -0.05) is 90.4 Å². The summed E-state index contributed by atoms with van der Waals surface area (Å²) in [5.41, 5.74) is 1.32. The molecule has 0 bridgehead atoms. The van der Waals surface area contributed by atoms with Crippen molar-refractivity contribution in [3.63, 3.8) is 0 Å². The van der Waals surface area contributed by atoms with Crippen LogP contribution in [0.5, 0.6) is 0 Å². The molecule has 0 saturated heterocycles. The van der Waals surface area contributed by atoms with Gasteiger partial charge in [0.25, 0.3) is 0 Å². The van der Waals surface area contributed by atoms with Crippen LogP contribution in [0.2, 0.25) is 0 Å². The van der Waals surface area contributed by atoms with Gasteiger partial charge in [0, 0.05) is 12.1 Å². The first-order valence-electron chi connectivity index (χ1n) is 11.6. The topological polar surface area (TPSA) is 11.3 Å². The maximum absolute atomic E-state index is 10.7. The normalized spacial score (nSPS) is 13.8. The van der Waals surface area contributed by atoms with Gasteiger partial charge in [-0.2, -0.15) is 0 Å². The first-order chi connectivity index (χ1) is 14.2. The molecule has 0 atom stereocenters. The Balaban J connectivity index is 0.00000110. The van der Waals surface area contributed by atoms with Crippen LogP contribution in [-0.2, 0) is 6.42 Å². The number of rotatable bonds is 15. The second-order valence-electron chi connectivity index (χ2n) is 8.52. The Labute approximate surface area is 184 Å². The SMILES string of the molecule is CCCCCCCCCCCCCCCCc1cc(C)cc(C)[o+]1.F[P-](F)(F)(F)(F)F. The molecule has 0 fully saturated rings. The molecule has 1 nitrogen and oxygen atoms in total. The van der Waals surface area contributed by atoms with Gasteiger partial charge in [-0.25, -0.2) is 4.42 Å². The molecule has 31 heavy (non-hydrogen) atoms. The summed E-state index contributed by atoms with van der Waals surface area (Å²) < 4.78 is 65.0. The molecule has 1 heterocycles. The quantitative estimate of drug-likeness (QED) is 0.106. The summed E-state index contributed by atoms with van der Waals surface area (Å²) in [7, 11) is -10.7. The molecule has 1 rings (SSSR count). The Morgan fingerprint density at radius 2 is 0.968 bits per heavy atom. The van der Waals surface area contributed by atoms with Crippen molar-refractivity contribution in [2.75, 3.05) is 0 Å². The Kier molecular flexibility index (Phi) is 13.3. The van der Waals surface area contributed by atoms with E-state index in [1.54, 1.807) is 0 Å². The minimum absolute atomic E-state index is 1.04. The van der Waals surface area contributed by atoms with Crippen molar-refractivity contribution in [1.82, 2.24) is 0 Å². The molecule has 1 aromatic heterocycles. The molecule has 0 spiro atoms. The van der Waals surface area contributed by atoms with Crippen LogP contribution in [0.3, 0.4) is 0 Å². The van der Waals surface area contributed by atoms with Crippen molar-refractivity contribution < 1.29 is 29.6 Å². The minimum atomic E-state index is -10.7. The molecule has 0 unspecified atom stereocenters. The molecule has 0 aromatic carbocycles. The van der Waals surface area contributed by atoms with Gasteiger partial charge in [0.2, 0.25) is 0 Å². The van der Waals surface area contributed by atoms with E-state index in [9.17, 15) is 25.2 Å². The van der Waals surface area contributed by atoms with Crippen LogP contribution in [0.25, 0.3) is 0 Å². The number of unbranched alkanes of at least 4 members (excludes halogenated alkanes) is 13. The van der Waals surface area contributed by atoms with Crippen LogP contribution in [0, 0.1) is 13.8 Å². The van der Waals surface area contributed by atoms with Crippen LogP contribution in [0.15, 0.2) is 16.5 Å². The van der Waals surface area contributed by atoms with Crippen molar-refractivity contribution in [3.05, 3.63) is 29.2 Å². The van der Waals surface area contributed by atoms with Crippen LogP contribution in [0.1, 0.15) is 114 Å². The molecule has 0 radical (unpaired) electrons. The third-order valence-corrected chi connectivity index (χ3v) is 4.89. The fraction of sp³-hybridized carbons (Fsp3) is 0.783. The van der Waals surface area contributed by atoms with Crippen molar-refractivity contribution in [2.24, 2.45) is 0 Å². The number of hydrogen-bond acceptors (Lipinski definition) is 0. The predicted octanol–water partition coefficient (Wildman–Crippen LogP) is 11.6. The van der Waals surface area contributed by atoms with E-state index in [1.165, 1.54) is 95.5 Å². The second-order valence-corrected chi connectivity index (χ2v) is 10.4. The summed E-state index contributed by atoms with van der Waals surface area (Å²) in [6, 6.07) is 4.30. The molecule has 0 amide bonds. The second kappa shape index (κ2) is 13.6. The van der Waals surface area contributed by atoms with Crippen molar-refractivity contribution in [1.29, 1.82) is 0 Å². The third kappa shape index (κ3) is 29.2. The first kappa shape index (κ1) is 30.2. The third-order valence-electron chi connectivity index (χ3n) is 4.89. The Morgan fingerprint density at radius 1 is 0.613 bits per heavy atom. The molecule has 186 valence electrons. The van der Waals surface area contributed by atoms with Crippen LogP contribution in [0.4, 0.5) is 25.2 Å². The average molecular weight is 479 g/mol. The number of hydrogen-bond donors (Lipinski definition) is 0. The van der Waals surface area contributed by atoms with Gasteiger partial charge in [0.1, 0.15) is 0 Å². The van der Waals surface area contributed by atoms with Crippen molar-refractivity contribution >= 4 is 7.81 Å². The summed E-state index contributed by atoms with van der Waals surface area (Å²) in [5.74, 6) is 2.20. The fourth-order valence-electron chi connectivity index (χ4n) is 3.50. The zero-order valence-electron chi connectivity index (χ0n) is 19.4. The van der Waals surface area contributed by atoms with Gasteiger partial charge >= 0.3 is 44.5 Å². The van der Waals surface area contributed by atoms with Crippen LogP contribution < -0.4 is 0 Å². The predicted molar refractivity (Wildman–Crippen MR) is 120 cm³/mol. The summed E-state index contributed by atoms with van der Waals surface area (Å²) in [4.78, 5) is 0. The monoisotopic (exact) mass is 478 g/mol. The molecule has 1 aromatic rings. The number of aryl methyl sites for hydroxylation is 3. The van der Waals surface area contributed by atoms with Gasteiger partial charge in [0.15, 0.2) is 0 Å². The molecule has 0 saturated carbocycles. The maximum atomic E-state index is 9.87. The average Bonchev–Trinajstić information content (AvgIpc) is 2.58. The number of halogens is 6. The zero-order valence-corrected chi connectivity index (χ0v) is 20.3. The van der Waals surface area contributed by atoms with E-state index in [0.29, 0.717) is 0 Å². The van der Waals surface area contributed by atoms with Crippen LogP contribution in [-0.4, -0.2) is 0 Å². The summed E-state index contributed by atoms with van der Waals surface area (Å²) >= 11 is 0. The van der Waals surface area contributed by atoms with E-state index in [1.807, 2.05) is 6.92 Å².